The molecule has 0 unspecified atom stereocenters. The molecule has 0 atom stereocenters. The number of imidazole rings is 1. The van der Waals surface area contributed by atoms with Gasteiger partial charge in [0.05, 0.1) is 11.7 Å². The van der Waals surface area contributed by atoms with E-state index in [4.69, 9.17) is 4.74 Å². The number of H-pyrrole nitrogens is 1. The summed E-state index contributed by atoms with van der Waals surface area (Å²) in [6.45, 7) is 4.30. The van der Waals surface area contributed by atoms with Crippen LogP contribution >= 0.6 is 0 Å². The highest BCUT2D eigenvalue weighted by Crippen LogP contribution is 2.20. The van der Waals surface area contributed by atoms with Gasteiger partial charge < -0.3 is 9.72 Å². The predicted molar refractivity (Wildman–Crippen MR) is 74.1 cm³/mol. The lowest BCUT2D eigenvalue weighted by Crippen LogP contribution is -1.99. The van der Waals surface area contributed by atoms with Gasteiger partial charge in [-0.05, 0) is 31.0 Å². The molecular formula is C15H14FN3O. The third-order valence-corrected chi connectivity index (χ3v) is 3.06. The van der Waals surface area contributed by atoms with Crippen molar-refractivity contribution in [2.45, 2.75) is 20.5 Å². The maximum Gasteiger partial charge on any atom is 0.178 e. The Kier molecular flexibility index (Phi) is 3.10. The molecule has 0 spiro atoms. The van der Waals surface area contributed by atoms with Gasteiger partial charge in [-0.2, -0.15) is 0 Å². The van der Waals surface area contributed by atoms with Gasteiger partial charge in [0.15, 0.2) is 5.65 Å². The van der Waals surface area contributed by atoms with E-state index in [1.54, 1.807) is 0 Å². The van der Waals surface area contributed by atoms with Gasteiger partial charge in [-0.25, -0.2) is 14.4 Å². The summed E-state index contributed by atoms with van der Waals surface area (Å²) in [7, 11) is 0. The van der Waals surface area contributed by atoms with Crippen molar-refractivity contribution in [1.29, 1.82) is 0 Å². The van der Waals surface area contributed by atoms with E-state index in [1.807, 2.05) is 32.0 Å². The molecule has 1 N–H and O–H groups in total. The monoisotopic (exact) mass is 271 g/mol. The first-order valence-electron chi connectivity index (χ1n) is 6.32. The second-order valence-corrected chi connectivity index (χ2v) is 4.77. The van der Waals surface area contributed by atoms with Gasteiger partial charge in [0.2, 0.25) is 0 Å². The van der Waals surface area contributed by atoms with Crippen LogP contribution in [-0.2, 0) is 6.61 Å². The van der Waals surface area contributed by atoms with E-state index >= 15 is 0 Å². The Balaban J connectivity index is 1.81. The zero-order valence-corrected chi connectivity index (χ0v) is 11.3. The molecule has 4 nitrogen and oxygen atoms in total. The molecule has 3 rings (SSSR count). The molecule has 0 aliphatic rings. The molecule has 20 heavy (non-hydrogen) atoms. The summed E-state index contributed by atoms with van der Waals surface area (Å²) in [4.78, 5) is 11.2. The van der Waals surface area contributed by atoms with Crippen molar-refractivity contribution in [3.8, 4) is 5.75 Å². The number of benzene rings is 1. The van der Waals surface area contributed by atoms with E-state index < -0.39 is 0 Å². The summed E-state index contributed by atoms with van der Waals surface area (Å²) in [5.41, 5.74) is 3.27. The Morgan fingerprint density at radius 1 is 1.25 bits per heavy atom. The molecule has 2 aromatic heterocycles. The number of aromatic amines is 1. The lowest BCUT2D eigenvalue weighted by molar-refractivity contribution is 0.295. The molecule has 0 fully saturated rings. The highest BCUT2D eigenvalue weighted by Gasteiger charge is 2.07. The minimum Gasteiger partial charge on any atom is -0.485 e. The minimum absolute atomic E-state index is 0.294. The van der Waals surface area contributed by atoms with Crippen molar-refractivity contribution in [2.75, 3.05) is 0 Å². The average molecular weight is 271 g/mol. The van der Waals surface area contributed by atoms with E-state index in [2.05, 4.69) is 15.0 Å². The van der Waals surface area contributed by atoms with Gasteiger partial charge in [0.25, 0.3) is 0 Å². The van der Waals surface area contributed by atoms with Gasteiger partial charge in [0.1, 0.15) is 24.0 Å². The number of nitrogens with zero attached hydrogens (tertiary/aromatic N) is 2. The topological polar surface area (TPSA) is 50.8 Å². The Labute approximate surface area is 115 Å². The molecule has 2 heterocycles. The number of fused-ring (bicyclic) bond motifs is 1. The number of ether oxygens (including phenoxy) is 1. The van der Waals surface area contributed by atoms with E-state index in [0.717, 1.165) is 23.1 Å². The lowest BCUT2D eigenvalue weighted by Gasteiger charge is -2.08. The number of halogens is 1. The molecule has 0 aliphatic heterocycles. The molecule has 102 valence electrons. The maximum absolute atomic E-state index is 13.1. The molecule has 5 heteroatoms. The fourth-order valence-electron chi connectivity index (χ4n) is 2.00. The lowest BCUT2D eigenvalue weighted by atomic mass is 10.1. The Hall–Kier alpha value is -2.43. The van der Waals surface area contributed by atoms with E-state index in [-0.39, 0.29) is 5.82 Å². The summed E-state index contributed by atoms with van der Waals surface area (Å²) >= 11 is 0. The highest BCUT2D eigenvalue weighted by molar-refractivity contribution is 5.70. The van der Waals surface area contributed by atoms with Crippen molar-refractivity contribution >= 4 is 11.2 Å². The van der Waals surface area contributed by atoms with E-state index in [0.29, 0.717) is 23.6 Å². The zero-order valence-electron chi connectivity index (χ0n) is 11.3. The fourth-order valence-corrected chi connectivity index (χ4v) is 2.00. The van der Waals surface area contributed by atoms with Crippen molar-refractivity contribution < 1.29 is 9.13 Å². The number of aryl methyl sites for hydroxylation is 2. The van der Waals surface area contributed by atoms with Crippen LogP contribution in [0.15, 0.2) is 30.5 Å². The third kappa shape index (κ3) is 2.47. The normalized spacial score (nSPS) is 10.9. The van der Waals surface area contributed by atoms with Crippen LogP contribution < -0.4 is 4.74 Å². The summed E-state index contributed by atoms with van der Waals surface area (Å²) in [6, 6.07) is 7.41. The molecule has 0 saturated carbocycles. The number of rotatable bonds is 3. The maximum atomic E-state index is 13.1. The molecule has 0 aliphatic carbocycles. The van der Waals surface area contributed by atoms with Crippen LogP contribution in [0.5, 0.6) is 5.75 Å². The van der Waals surface area contributed by atoms with Crippen molar-refractivity contribution in [3.63, 3.8) is 0 Å². The van der Waals surface area contributed by atoms with Crippen molar-refractivity contribution in [1.82, 2.24) is 15.0 Å². The van der Waals surface area contributed by atoms with Gasteiger partial charge in [0, 0.05) is 6.07 Å². The van der Waals surface area contributed by atoms with Crippen LogP contribution in [0.1, 0.15) is 17.0 Å². The molecular weight excluding hydrogens is 257 g/mol. The Morgan fingerprint density at radius 2 is 2.10 bits per heavy atom. The van der Waals surface area contributed by atoms with Crippen LogP contribution in [-0.4, -0.2) is 15.0 Å². The number of aromatic nitrogens is 3. The molecule has 0 saturated heterocycles. The van der Waals surface area contributed by atoms with Crippen LogP contribution in [0, 0.1) is 19.7 Å². The average Bonchev–Trinajstić information content (AvgIpc) is 2.81. The zero-order chi connectivity index (χ0) is 14.1. The largest absolute Gasteiger partial charge is 0.485 e. The molecule has 0 amide bonds. The first-order valence-corrected chi connectivity index (χ1v) is 6.32. The fraction of sp³-hybridized carbons (Fsp3) is 0.200. The first kappa shape index (κ1) is 12.6. The second-order valence-electron chi connectivity index (χ2n) is 4.77. The summed E-state index contributed by atoms with van der Waals surface area (Å²) in [5.74, 6) is 1.06. The van der Waals surface area contributed by atoms with Crippen LogP contribution in [0.4, 0.5) is 4.39 Å². The highest BCUT2D eigenvalue weighted by atomic mass is 19.1. The standard InChI is InChI=1S/C15H14FN3O/c1-9-3-4-10(2)13(5-9)20-8-14-18-12-6-11(16)7-17-15(12)19-14/h3-7H,8H2,1-2H3,(H,17,18,19). The van der Waals surface area contributed by atoms with E-state index in [9.17, 15) is 4.39 Å². The molecule has 1 aromatic carbocycles. The molecule has 3 aromatic rings. The van der Waals surface area contributed by atoms with Gasteiger partial charge in [-0.15, -0.1) is 0 Å². The van der Waals surface area contributed by atoms with Crippen LogP contribution in [0.3, 0.4) is 0 Å². The van der Waals surface area contributed by atoms with Gasteiger partial charge in [-0.1, -0.05) is 12.1 Å². The van der Waals surface area contributed by atoms with Gasteiger partial charge >= 0.3 is 0 Å². The SMILES string of the molecule is Cc1ccc(C)c(OCc2nc3ncc(F)cc3[nH]2)c1. The third-order valence-electron chi connectivity index (χ3n) is 3.06. The minimum atomic E-state index is -0.386. The summed E-state index contributed by atoms with van der Waals surface area (Å²) in [5, 5.41) is 0. The van der Waals surface area contributed by atoms with Crippen molar-refractivity contribution in [3.05, 3.63) is 53.2 Å². The molecule has 0 bridgehead atoms. The molecule has 0 radical (unpaired) electrons. The second kappa shape index (κ2) is 4.92. The first-order chi connectivity index (χ1) is 9.61. The Morgan fingerprint density at radius 3 is 2.95 bits per heavy atom. The number of hydrogen-bond acceptors (Lipinski definition) is 3. The van der Waals surface area contributed by atoms with Crippen LogP contribution in [0.25, 0.3) is 11.2 Å². The number of hydrogen-bond donors (Lipinski definition) is 1. The van der Waals surface area contributed by atoms with Gasteiger partial charge in [-0.3, -0.25) is 0 Å². The Bertz CT molecular complexity index is 767. The summed E-state index contributed by atoms with van der Waals surface area (Å²) < 4.78 is 18.8. The number of pyridine rings is 1. The predicted octanol–water partition coefficient (Wildman–Crippen LogP) is 3.29. The summed E-state index contributed by atoms with van der Waals surface area (Å²) in [6.07, 6.45) is 1.15. The van der Waals surface area contributed by atoms with Crippen LogP contribution in [0.2, 0.25) is 0 Å². The van der Waals surface area contributed by atoms with Crippen molar-refractivity contribution in [2.24, 2.45) is 0 Å². The number of nitrogens with one attached hydrogen (secondary N) is 1. The smallest absolute Gasteiger partial charge is 0.178 e. The van der Waals surface area contributed by atoms with E-state index in [1.165, 1.54) is 6.07 Å². The quantitative estimate of drug-likeness (QED) is 0.795.